The molecule has 1 aromatic heterocycles. The van der Waals surface area contributed by atoms with E-state index in [2.05, 4.69) is 59.4 Å². The lowest BCUT2D eigenvalue weighted by Crippen LogP contribution is -2.37. The van der Waals surface area contributed by atoms with Crippen molar-refractivity contribution in [3.63, 3.8) is 0 Å². The maximum Gasteiger partial charge on any atom is 0.191 e. The molecule has 0 unspecified atom stereocenters. The topological polar surface area (TPSA) is 65.7 Å². The van der Waals surface area contributed by atoms with Crippen molar-refractivity contribution in [3.05, 3.63) is 17.5 Å². The minimum absolute atomic E-state index is 0. The van der Waals surface area contributed by atoms with E-state index >= 15 is 0 Å². The second kappa shape index (κ2) is 15.2. The molecule has 0 atom stereocenters. The Morgan fingerprint density at radius 2 is 1.85 bits per heavy atom. The summed E-state index contributed by atoms with van der Waals surface area (Å²) >= 11 is 0. The van der Waals surface area contributed by atoms with Gasteiger partial charge >= 0.3 is 0 Å². The fourth-order valence-corrected chi connectivity index (χ4v) is 2.91. The van der Waals surface area contributed by atoms with Gasteiger partial charge in [0.25, 0.3) is 0 Å². The number of hydrogen-bond acceptors (Lipinski definition) is 4. The van der Waals surface area contributed by atoms with E-state index in [4.69, 9.17) is 4.52 Å². The normalized spacial score (nSPS) is 11.7. The predicted octanol–water partition coefficient (Wildman–Crippen LogP) is 3.98. The summed E-state index contributed by atoms with van der Waals surface area (Å²) in [6.45, 7) is 13.8. The fourth-order valence-electron chi connectivity index (χ4n) is 2.91. The largest absolute Gasteiger partial charge is 0.359 e. The van der Waals surface area contributed by atoms with Crippen molar-refractivity contribution in [2.75, 3.05) is 33.2 Å². The first-order valence-electron chi connectivity index (χ1n) is 9.80. The highest BCUT2D eigenvalue weighted by molar-refractivity contribution is 14.0. The Hall–Kier alpha value is -0.830. The van der Waals surface area contributed by atoms with Crippen molar-refractivity contribution in [1.82, 2.24) is 20.7 Å². The van der Waals surface area contributed by atoms with Gasteiger partial charge in [0.05, 0.1) is 12.2 Å². The van der Waals surface area contributed by atoms with Crippen molar-refractivity contribution in [1.29, 1.82) is 0 Å². The molecular weight excluding hydrogens is 441 g/mol. The lowest BCUT2D eigenvalue weighted by atomic mass is 9.99. The lowest BCUT2D eigenvalue weighted by molar-refractivity contribution is 0.297. The standard InChI is InChI=1S/C19H37N5O.HI/c1-6-16(7-2)18-14-17(25-23-18)15-22-19(20-5)21-12-10-11-13-24(8-3)9-4;/h14,16H,6-13,15H2,1-5H3,(H2,20,21,22);1H. The molecule has 1 heterocycles. The summed E-state index contributed by atoms with van der Waals surface area (Å²) in [6.07, 6.45) is 4.52. The van der Waals surface area contributed by atoms with Crippen LogP contribution >= 0.6 is 24.0 Å². The summed E-state index contributed by atoms with van der Waals surface area (Å²) in [5, 5.41) is 10.9. The minimum atomic E-state index is 0. The fraction of sp³-hybridized carbons (Fsp3) is 0.789. The van der Waals surface area contributed by atoms with E-state index in [0.717, 1.165) is 62.9 Å². The maximum absolute atomic E-state index is 5.44. The van der Waals surface area contributed by atoms with Crippen LogP contribution in [0, 0.1) is 0 Å². The average Bonchev–Trinajstić information content (AvgIpc) is 3.10. The molecule has 0 aromatic carbocycles. The van der Waals surface area contributed by atoms with Crippen LogP contribution in [0.1, 0.15) is 70.8 Å². The predicted molar refractivity (Wildman–Crippen MR) is 120 cm³/mol. The van der Waals surface area contributed by atoms with Gasteiger partial charge in [-0.1, -0.05) is 32.9 Å². The monoisotopic (exact) mass is 479 g/mol. The third kappa shape index (κ3) is 9.21. The zero-order valence-corrected chi connectivity index (χ0v) is 19.5. The zero-order valence-electron chi connectivity index (χ0n) is 17.2. The Kier molecular flexibility index (Phi) is 14.8. The molecule has 0 amide bonds. The summed E-state index contributed by atoms with van der Waals surface area (Å²) < 4.78 is 5.44. The Bertz CT molecular complexity index is 484. The highest BCUT2D eigenvalue weighted by atomic mass is 127. The van der Waals surface area contributed by atoms with Crippen LogP contribution in [0.3, 0.4) is 0 Å². The quantitative estimate of drug-likeness (QED) is 0.206. The molecule has 0 fully saturated rings. The number of hydrogen-bond donors (Lipinski definition) is 2. The van der Waals surface area contributed by atoms with Crippen molar-refractivity contribution >= 4 is 29.9 Å². The molecule has 0 saturated carbocycles. The molecule has 26 heavy (non-hydrogen) atoms. The summed E-state index contributed by atoms with van der Waals surface area (Å²) in [7, 11) is 1.79. The van der Waals surface area contributed by atoms with Crippen molar-refractivity contribution < 1.29 is 4.52 Å². The molecule has 0 spiro atoms. The number of nitrogens with zero attached hydrogens (tertiary/aromatic N) is 3. The summed E-state index contributed by atoms with van der Waals surface area (Å²) in [6, 6.07) is 2.06. The highest BCUT2D eigenvalue weighted by Crippen LogP contribution is 2.22. The van der Waals surface area contributed by atoms with E-state index in [1.54, 1.807) is 7.05 Å². The molecule has 0 bridgehead atoms. The number of rotatable bonds is 12. The first-order chi connectivity index (χ1) is 12.2. The van der Waals surface area contributed by atoms with Gasteiger partial charge in [0.15, 0.2) is 11.7 Å². The van der Waals surface area contributed by atoms with E-state index in [-0.39, 0.29) is 24.0 Å². The molecule has 152 valence electrons. The summed E-state index contributed by atoms with van der Waals surface area (Å²) in [5.74, 6) is 2.15. The number of nitrogens with one attached hydrogen (secondary N) is 2. The smallest absolute Gasteiger partial charge is 0.191 e. The first kappa shape index (κ1) is 25.2. The number of unbranched alkanes of at least 4 members (excludes halogenated alkanes) is 1. The molecule has 0 aliphatic rings. The van der Waals surface area contributed by atoms with E-state index in [1.807, 2.05) is 0 Å². The van der Waals surface area contributed by atoms with Gasteiger partial charge in [-0.05, 0) is 45.3 Å². The molecule has 7 heteroatoms. The van der Waals surface area contributed by atoms with Crippen molar-refractivity contribution in [3.8, 4) is 0 Å². The highest BCUT2D eigenvalue weighted by Gasteiger charge is 2.13. The van der Waals surface area contributed by atoms with Gasteiger partial charge in [0.1, 0.15) is 0 Å². The van der Waals surface area contributed by atoms with Crippen molar-refractivity contribution in [2.45, 2.75) is 65.8 Å². The summed E-state index contributed by atoms with van der Waals surface area (Å²) in [4.78, 5) is 6.72. The SMILES string of the molecule is CCC(CC)c1cc(CNC(=NC)NCCCCN(CC)CC)on1.I. The lowest BCUT2D eigenvalue weighted by Gasteiger charge is -2.17. The van der Waals surface area contributed by atoms with E-state index < -0.39 is 0 Å². The second-order valence-corrected chi connectivity index (χ2v) is 6.32. The Morgan fingerprint density at radius 1 is 1.15 bits per heavy atom. The summed E-state index contributed by atoms with van der Waals surface area (Å²) in [5.41, 5.74) is 1.06. The van der Waals surface area contributed by atoms with Gasteiger partial charge in [0.2, 0.25) is 0 Å². The van der Waals surface area contributed by atoms with Gasteiger partial charge in [-0.2, -0.15) is 0 Å². The van der Waals surface area contributed by atoms with Gasteiger partial charge in [0, 0.05) is 25.6 Å². The van der Waals surface area contributed by atoms with Crippen molar-refractivity contribution in [2.24, 2.45) is 4.99 Å². The van der Waals surface area contributed by atoms with Crippen LogP contribution in [0.25, 0.3) is 0 Å². The van der Waals surface area contributed by atoms with E-state index in [9.17, 15) is 0 Å². The van der Waals surface area contributed by atoms with Crippen LogP contribution < -0.4 is 10.6 Å². The number of aromatic nitrogens is 1. The number of halogens is 1. The third-order valence-electron chi connectivity index (χ3n) is 4.72. The molecule has 6 nitrogen and oxygen atoms in total. The Labute approximate surface area is 176 Å². The molecule has 0 aliphatic carbocycles. The molecule has 0 radical (unpaired) electrons. The van der Waals surface area contributed by atoms with Crippen LogP contribution in [0.5, 0.6) is 0 Å². The zero-order chi connectivity index (χ0) is 18.5. The third-order valence-corrected chi connectivity index (χ3v) is 4.72. The van der Waals surface area contributed by atoms with Gasteiger partial charge in [-0.25, -0.2) is 0 Å². The molecule has 1 rings (SSSR count). The first-order valence-corrected chi connectivity index (χ1v) is 9.80. The second-order valence-electron chi connectivity index (χ2n) is 6.32. The number of aliphatic imine (C=N–C) groups is 1. The maximum atomic E-state index is 5.44. The van der Waals surface area contributed by atoms with E-state index in [0.29, 0.717) is 12.5 Å². The molecule has 1 aromatic rings. The van der Waals surface area contributed by atoms with Gasteiger partial charge in [-0.15, -0.1) is 24.0 Å². The molecular formula is C19H38IN5O. The van der Waals surface area contributed by atoms with Crippen LogP contribution in [0.15, 0.2) is 15.6 Å². The van der Waals surface area contributed by atoms with Gasteiger partial charge < -0.3 is 20.1 Å². The average molecular weight is 479 g/mol. The van der Waals surface area contributed by atoms with E-state index in [1.165, 1.54) is 6.42 Å². The van der Waals surface area contributed by atoms with Crippen LogP contribution in [-0.2, 0) is 6.54 Å². The molecule has 0 aliphatic heterocycles. The minimum Gasteiger partial charge on any atom is -0.359 e. The molecule has 0 saturated heterocycles. The Morgan fingerprint density at radius 3 is 2.42 bits per heavy atom. The van der Waals surface area contributed by atoms with Gasteiger partial charge in [-0.3, -0.25) is 4.99 Å². The van der Waals surface area contributed by atoms with Crippen LogP contribution in [0.2, 0.25) is 0 Å². The van der Waals surface area contributed by atoms with Crippen LogP contribution in [-0.4, -0.2) is 49.2 Å². The Balaban J connectivity index is 0.00000625. The molecule has 2 N–H and O–H groups in total. The van der Waals surface area contributed by atoms with Crippen LogP contribution in [0.4, 0.5) is 0 Å². The number of guanidine groups is 1.